The number of rotatable bonds is 8. The average Bonchev–Trinajstić information content (AvgIpc) is 3.26. The summed E-state index contributed by atoms with van der Waals surface area (Å²) in [5.74, 6) is 0.474. The molecule has 4 rings (SSSR count). The lowest BCUT2D eigenvalue weighted by molar-refractivity contribution is -0.113. The summed E-state index contributed by atoms with van der Waals surface area (Å²) < 4.78 is 5.98. The number of carbonyl (C=O) groups is 2. The number of hydrogen-bond acceptors (Lipinski definition) is 7. The molecular formula is C23H20N4O3S2. The van der Waals surface area contributed by atoms with Crippen molar-refractivity contribution >= 4 is 56.5 Å². The van der Waals surface area contributed by atoms with E-state index in [2.05, 4.69) is 20.8 Å². The number of amides is 2. The number of nitrogens with zero attached hydrogens (tertiary/aromatic N) is 2. The minimum Gasteiger partial charge on any atom is -0.494 e. The molecule has 1 heterocycles. The largest absolute Gasteiger partial charge is 0.494 e. The summed E-state index contributed by atoms with van der Waals surface area (Å²) >= 11 is 2.49. The first-order valence-corrected chi connectivity index (χ1v) is 11.7. The van der Waals surface area contributed by atoms with Crippen LogP contribution in [0.2, 0.25) is 0 Å². The molecule has 9 heteroatoms. The van der Waals surface area contributed by atoms with Crippen LogP contribution in [0.1, 0.15) is 17.3 Å². The van der Waals surface area contributed by atoms with Gasteiger partial charge in [-0.3, -0.25) is 14.9 Å². The summed E-state index contributed by atoms with van der Waals surface area (Å²) in [5.41, 5.74) is 1.27. The van der Waals surface area contributed by atoms with Crippen LogP contribution in [0.3, 0.4) is 0 Å². The maximum atomic E-state index is 12.4. The number of benzene rings is 3. The van der Waals surface area contributed by atoms with Gasteiger partial charge in [0.1, 0.15) is 5.75 Å². The van der Waals surface area contributed by atoms with Gasteiger partial charge in [-0.05, 0) is 42.6 Å². The van der Waals surface area contributed by atoms with Crippen LogP contribution in [0.5, 0.6) is 5.75 Å². The van der Waals surface area contributed by atoms with E-state index < -0.39 is 0 Å². The van der Waals surface area contributed by atoms with Crippen LogP contribution in [0.15, 0.2) is 71.1 Å². The molecule has 162 valence electrons. The van der Waals surface area contributed by atoms with Crippen molar-refractivity contribution in [2.75, 3.05) is 23.0 Å². The van der Waals surface area contributed by atoms with Crippen molar-refractivity contribution in [3.8, 4) is 5.75 Å². The monoisotopic (exact) mass is 464 g/mol. The lowest BCUT2D eigenvalue weighted by atomic mass is 10.1. The predicted octanol–water partition coefficient (Wildman–Crippen LogP) is 5.07. The summed E-state index contributed by atoms with van der Waals surface area (Å²) in [6.45, 7) is 2.47. The third-order valence-corrected chi connectivity index (χ3v) is 6.42. The van der Waals surface area contributed by atoms with Gasteiger partial charge in [-0.1, -0.05) is 59.5 Å². The van der Waals surface area contributed by atoms with Crippen LogP contribution in [0.4, 0.5) is 10.8 Å². The van der Waals surface area contributed by atoms with Gasteiger partial charge in [-0.15, -0.1) is 10.2 Å². The molecule has 0 aliphatic carbocycles. The highest BCUT2D eigenvalue weighted by Gasteiger charge is 2.13. The van der Waals surface area contributed by atoms with Gasteiger partial charge in [0.25, 0.3) is 5.91 Å². The molecule has 1 aromatic heterocycles. The minimum absolute atomic E-state index is 0.137. The Morgan fingerprint density at radius 1 is 0.969 bits per heavy atom. The first-order valence-electron chi connectivity index (χ1n) is 9.90. The van der Waals surface area contributed by atoms with Crippen LogP contribution in [0, 0.1) is 0 Å². The zero-order valence-corrected chi connectivity index (χ0v) is 18.8. The van der Waals surface area contributed by atoms with E-state index in [4.69, 9.17) is 4.74 Å². The molecule has 2 N–H and O–H groups in total. The van der Waals surface area contributed by atoms with Crippen molar-refractivity contribution in [3.05, 3.63) is 72.3 Å². The Morgan fingerprint density at radius 2 is 1.75 bits per heavy atom. The lowest BCUT2D eigenvalue weighted by Gasteiger charge is -2.08. The van der Waals surface area contributed by atoms with Gasteiger partial charge < -0.3 is 10.1 Å². The van der Waals surface area contributed by atoms with Gasteiger partial charge in [0.15, 0.2) is 4.34 Å². The van der Waals surface area contributed by atoms with Crippen LogP contribution in [-0.4, -0.2) is 34.4 Å². The first-order chi connectivity index (χ1) is 15.6. The fourth-order valence-corrected chi connectivity index (χ4v) is 4.55. The number of hydrogen-bond donors (Lipinski definition) is 2. The maximum absolute atomic E-state index is 12.4. The molecule has 0 bridgehead atoms. The van der Waals surface area contributed by atoms with Gasteiger partial charge in [0.05, 0.1) is 12.4 Å². The van der Waals surface area contributed by atoms with Crippen molar-refractivity contribution < 1.29 is 14.3 Å². The number of fused-ring (bicyclic) bond motifs is 1. The summed E-state index contributed by atoms with van der Waals surface area (Å²) in [6, 6.07) is 20.5. The molecule has 0 unspecified atom stereocenters. The van der Waals surface area contributed by atoms with Crippen molar-refractivity contribution in [2.24, 2.45) is 0 Å². The molecule has 0 saturated carbocycles. The van der Waals surface area contributed by atoms with Crippen LogP contribution in [-0.2, 0) is 4.79 Å². The molecule has 0 atom stereocenters. The number of carbonyl (C=O) groups excluding carboxylic acids is 2. The van der Waals surface area contributed by atoms with Gasteiger partial charge in [0.2, 0.25) is 11.0 Å². The Hall–Kier alpha value is -3.43. The summed E-state index contributed by atoms with van der Waals surface area (Å²) in [7, 11) is 0. The van der Waals surface area contributed by atoms with E-state index in [0.717, 1.165) is 16.5 Å². The fourth-order valence-electron chi connectivity index (χ4n) is 3.01. The molecule has 32 heavy (non-hydrogen) atoms. The number of aromatic nitrogens is 2. The number of thioether (sulfide) groups is 1. The van der Waals surface area contributed by atoms with E-state index >= 15 is 0 Å². The maximum Gasteiger partial charge on any atom is 0.257 e. The Kier molecular flexibility index (Phi) is 6.98. The molecule has 2 amide bonds. The summed E-state index contributed by atoms with van der Waals surface area (Å²) in [6.07, 6.45) is 0. The van der Waals surface area contributed by atoms with Gasteiger partial charge in [-0.2, -0.15) is 0 Å². The van der Waals surface area contributed by atoms with E-state index in [-0.39, 0.29) is 17.6 Å². The summed E-state index contributed by atoms with van der Waals surface area (Å²) in [5, 5.41) is 16.1. The van der Waals surface area contributed by atoms with Crippen molar-refractivity contribution in [1.29, 1.82) is 0 Å². The molecule has 0 aliphatic rings. The van der Waals surface area contributed by atoms with Gasteiger partial charge in [0, 0.05) is 16.6 Å². The van der Waals surface area contributed by atoms with Crippen molar-refractivity contribution in [2.45, 2.75) is 11.3 Å². The number of anilines is 2. The molecule has 0 fully saturated rings. The molecule has 7 nitrogen and oxygen atoms in total. The highest BCUT2D eigenvalue weighted by Crippen LogP contribution is 2.27. The van der Waals surface area contributed by atoms with Crippen LogP contribution in [0.25, 0.3) is 10.8 Å². The standard InChI is InChI=1S/C23H20N4O3S2/c1-2-30-17-12-10-16(11-13-17)21(29)25-22-26-27-23(32-22)31-14-20(28)24-19-9-5-7-15-6-3-4-8-18(15)19/h3-13H,2,14H2,1H3,(H,24,28)(H,25,26,29). The minimum atomic E-state index is -0.283. The lowest BCUT2D eigenvalue weighted by Crippen LogP contribution is -2.14. The van der Waals surface area contributed by atoms with Crippen molar-refractivity contribution in [3.63, 3.8) is 0 Å². The highest BCUT2D eigenvalue weighted by atomic mass is 32.2. The van der Waals surface area contributed by atoms with E-state index in [1.807, 2.05) is 49.4 Å². The highest BCUT2D eigenvalue weighted by molar-refractivity contribution is 8.01. The SMILES string of the molecule is CCOc1ccc(C(=O)Nc2nnc(SCC(=O)Nc3cccc4ccccc34)s2)cc1. The Bertz CT molecular complexity index is 1240. The molecule has 0 saturated heterocycles. The van der Waals surface area contributed by atoms with E-state index in [9.17, 15) is 9.59 Å². The normalized spacial score (nSPS) is 10.7. The zero-order chi connectivity index (χ0) is 22.3. The topological polar surface area (TPSA) is 93.2 Å². The average molecular weight is 465 g/mol. The zero-order valence-electron chi connectivity index (χ0n) is 17.2. The summed E-state index contributed by atoms with van der Waals surface area (Å²) in [4.78, 5) is 24.8. The van der Waals surface area contributed by atoms with E-state index in [0.29, 0.717) is 27.4 Å². The molecule has 0 aliphatic heterocycles. The number of ether oxygens (including phenoxy) is 1. The second kappa shape index (κ2) is 10.3. The molecule has 4 aromatic rings. The molecular weight excluding hydrogens is 444 g/mol. The predicted molar refractivity (Wildman–Crippen MR) is 129 cm³/mol. The Labute approximate surface area is 193 Å². The first kappa shape index (κ1) is 21.8. The second-order valence-electron chi connectivity index (χ2n) is 6.65. The van der Waals surface area contributed by atoms with E-state index in [1.54, 1.807) is 24.3 Å². The van der Waals surface area contributed by atoms with Gasteiger partial charge in [-0.25, -0.2) is 0 Å². The van der Waals surface area contributed by atoms with Crippen molar-refractivity contribution in [1.82, 2.24) is 10.2 Å². The Balaban J connectivity index is 1.31. The van der Waals surface area contributed by atoms with E-state index in [1.165, 1.54) is 23.1 Å². The fraction of sp³-hybridized carbons (Fsp3) is 0.130. The molecule has 0 radical (unpaired) electrons. The third-order valence-electron chi connectivity index (χ3n) is 4.44. The van der Waals surface area contributed by atoms with Crippen LogP contribution < -0.4 is 15.4 Å². The molecule has 3 aromatic carbocycles. The molecule has 0 spiro atoms. The quantitative estimate of drug-likeness (QED) is 0.279. The van der Waals surface area contributed by atoms with Crippen LogP contribution >= 0.6 is 23.1 Å². The third kappa shape index (κ3) is 5.43. The smallest absolute Gasteiger partial charge is 0.257 e. The number of nitrogens with one attached hydrogen (secondary N) is 2. The van der Waals surface area contributed by atoms with Gasteiger partial charge >= 0.3 is 0 Å². The Morgan fingerprint density at radius 3 is 2.56 bits per heavy atom. The second-order valence-corrected chi connectivity index (χ2v) is 8.85.